The summed E-state index contributed by atoms with van der Waals surface area (Å²) in [6.07, 6.45) is 2.78. The summed E-state index contributed by atoms with van der Waals surface area (Å²) in [6, 6.07) is 21.9. The molecule has 2 heterocycles. The van der Waals surface area contributed by atoms with E-state index in [2.05, 4.69) is 31.8 Å². The molecule has 11 heteroatoms. The molecule has 2 N–H and O–H groups in total. The number of carbonyl (C=O) groups excluding carboxylic acids is 3. The second-order valence-electron chi connectivity index (χ2n) is 8.02. The zero-order valence-corrected chi connectivity index (χ0v) is 23.0. The Balaban J connectivity index is 1.25. The van der Waals surface area contributed by atoms with E-state index >= 15 is 0 Å². The minimum Gasteiger partial charge on any atom is -0.459 e. The van der Waals surface area contributed by atoms with Gasteiger partial charge in [0.1, 0.15) is 10.6 Å². The molecule has 3 aromatic carbocycles. The molecule has 0 saturated heterocycles. The Hall–Kier alpha value is -4.25. The number of ether oxygens (including phenoxy) is 1. The van der Waals surface area contributed by atoms with E-state index < -0.39 is 17.8 Å². The number of hydrazone groups is 1. The van der Waals surface area contributed by atoms with Crippen molar-refractivity contribution < 1.29 is 23.5 Å². The Morgan fingerprint density at radius 3 is 2.51 bits per heavy atom. The lowest BCUT2D eigenvalue weighted by Gasteiger charge is -2.08. The molecule has 0 aliphatic heterocycles. The van der Waals surface area contributed by atoms with Crippen LogP contribution in [0.25, 0.3) is 10.1 Å². The van der Waals surface area contributed by atoms with Crippen LogP contribution in [0, 0.1) is 0 Å². The standard InChI is InChI=1S/C28H17BrClN3O5S/c29-18-9-12-21(38-28(36)25-24(30)20-4-1-2-6-23(20)39-25)17(14-18)15-31-33-26(34)16-7-10-19(11-8-16)32-27(35)22-5-3-13-37-22/h1-15H,(H,32,35)(H,33,34)/b31-15-. The van der Waals surface area contributed by atoms with Crippen LogP contribution in [-0.4, -0.2) is 24.0 Å². The lowest BCUT2D eigenvalue weighted by Crippen LogP contribution is -2.18. The molecule has 8 nitrogen and oxygen atoms in total. The maximum atomic E-state index is 12.9. The van der Waals surface area contributed by atoms with Crippen molar-refractivity contribution in [2.75, 3.05) is 5.32 Å². The van der Waals surface area contributed by atoms with E-state index in [-0.39, 0.29) is 11.5 Å². The predicted molar refractivity (Wildman–Crippen MR) is 154 cm³/mol. The largest absolute Gasteiger partial charge is 0.459 e. The van der Waals surface area contributed by atoms with Crippen LogP contribution in [0.1, 0.15) is 36.1 Å². The summed E-state index contributed by atoms with van der Waals surface area (Å²) in [7, 11) is 0. The van der Waals surface area contributed by atoms with Crippen LogP contribution in [-0.2, 0) is 0 Å². The minimum absolute atomic E-state index is 0.177. The summed E-state index contributed by atoms with van der Waals surface area (Å²) >= 11 is 11.1. The molecule has 0 saturated carbocycles. The van der Waals surface area contributed by atoms with Gasteiger partial charge in [-0.25, -0.2) is 10.2 Å². The number of rotatable bonds is 7. The molecule has 0 aliphatic carbocycles. The monoisotopic (exact) mass is 621 g/mol. The first-order valence-corrected chi connectivity index (χ1v) is 13.3. The number of anilines is 1. The minimum atomic E-state index is -0.596. The number of nitrogens with zero attached hydrogens (tertiary/aromatic N) is 1. The van der Waals surface area contributed by atoms with Crippen LogP contribution in [0.3, 0.4) is 0 Å². The van der Waals surface area contributed by atoms with E-state index in [0.717, 1.165) is 14.6 Å². The summed E-state index contributed by atoms with van der Waals surface area (Å²) in [5.74, 6) is -1.05. The average Bonchev–Trinajstić information content (AvgIpc) is 3.59. The lowest BCUT2D eigenvalue weighted by atomic mass is 10.2. The van der Waals surface area contributed by atoms with E-state index in [4.69, 9.17) is 20.8 Å². The van der Waals surface area contributed by atoms with E-state index in [0.29, 0.717) is 26.7 Å². The van der Waals surface area contributed by atoms with Crippen LogP contribution >= 0.6 is 38.9 Å². The van der Waals surface area contributed by atoms with Gasteiger partial charge in [-0.15, -0.1) is 11.3 Å². The number of thiophene rings is 1. The summed E-state index contributed by atoms with van der Waals surface area (Å²) in [4.78, 5) is 37.8. The third kappa shape index (κ3) is 6.09. The van der Waals surface area contributed by atoms with Gasteiger partial charge in [0.25, 0.3) is 11.8 Å². The smallest absolute Gasteiger partial charge is 0.355 e. The number of nitrogens with one attached hydrogen (secondary N) is 2. The van der Waals surface area contributed by atoms with Crippen molar-refractivity contribution in [3.63, 3.8) is 0 Å². The van der Waals surface area contributed by atoms with Gasteiger partial charge in [-0.05, 0) is 60.7 Å². The van der Waals surface area contributed by atoms with Gasteiger partial charge in [-0.1, -0.05) is 45.7 Å². The quantitative estimate of drug-likeness (QED) is 0.0867. The molecule has 5 aromatic rings. The highest BCUT2D eigenvalue weighted by atomic mass is 79.9. The normalized spacial score (nSPS) is 11.0. The van der Waals surface area contributed by atoms with Crippen LogP contribution in [0.2, 0.25) is 5.02 Å². The van der Waals surface area contributed by atoms with E-state index in [1.54, 1.807) is 54.6 Å². The zero-order chi connectivity index (χ0) is 27.4. The Morgan fingerprint density at radius 1 is 0.974 bits per heavy atom. The van der Waals surface area contributed by atoms with Gasteiger partial charge < -0.3 is 14.5 Å². The van der Waals surface area contributed by atoms with Crippen LogP contribution < -0.4 is 15.5 Å². The maximum Gasteiger partial charge on any atom is 0.355 e. The summed E-state index contributed by atoms with van der Waals surface area (Å²) in [5, 5.41) is 7.81. The number of halogens is 2. The average molecular weight is 623 g/mol. The summed E-state index contributed by atoms with van der Waals surface area (Å²) < 4.78 is 12.3. The molecule has 5 rings (SSSR count). The van der Waals surface area contributed by atoms with Crippen molar-refractivity contribution in [2.45, 2.75) is 0 Å². The van der Waals surface area contributed by atoms with Gasteiger partial charge in [-0.3, -0.25) is 9.59 Å². The first-order chi connectivity index (χ1) is 18.9. The third-order valence-corrected chi connectivity index (χ3v) is 7.56. The Bertz CT molecular complexity index is 1720. The van der Waals surface area contributed by atoms with Crippen molar-refractivity contribution in [1.82, 2.24) is 5.43 Å². The van der Waals surface area contributed by atoms with Crippen LogP contribution in [0.15, 0.2) is 99.1 Å². The molecule has 0 bridgehead atoms. The number of benzene rings is 3. The molecule has 194 valence electrons. The van der Waals surface area contributed by atoms with E-state index in [1.165, 1.54) is 23.8 Å². The molecule has 0 aliphatic rings. The van der Waals surface area contributed by atoms with Crippen molar-refractivity contribution in [3.05, 3.63) is 116 Å². The van der Waals surface area contributed by atoms with Gasteiger partial charge in [0, 0.05) is 31.4 Å². The van der Waals surface area contributed by atoms with Crippen LogP contribution in [0.4, 0.5) is 5.69 Å². The number of hydrogen-bond donors (Lipinski definition) is 2. The summed E-state index contributed by atoms with van der Waals surface area (Å²) in [5.41, 5.74) is 3.71. The van der Waals surface area contributed by atoms with Crippen molar-refractivity contribution in [3.8, 4) is 5.75 Å². The molecule has 0 radical (unpaired) electrons. The molecular formula is C28H17BrClN3O5S. The zero-order valence-electron chi connectivity index (χ0n) is 19.8. The highest BCUT2D eigenvalue weighted by Gasteiger charge is 2.20. The molecular weight excluding hydrogens is 606 g/mol. The maximum absolute atomic E-state index is 12.9. The number of furan rings is 1. The number of hydrogen-bond acceptors (Lipinski definition) is 7. The Labute approximate surface area is 239 Å². The molecule has 39 heavy (non-hydrogen) atoms. The second-order valence-corrected chi connectivity index (χ2v) is 10.4. The highest BCUT2D eigenvalue weighted by molar-refractivity contribution is 9.10. The topological polar surface area (TPSA) is 110 Å². The van der Waals surface area contributed by atoms with Crippen molar-refractivity contribution in [2.24, 2.45) is 5.10 Å². The third-order valence-electron chi connectivity index (χ3n) is 5.41. The van der Waals surface area contributed by atoms with Gasteiger partial charge in [0.05, 0.1) is 17.5 Å². The molecule has 0 atom stereocenters. The van der Waals surface area contributed by atoms with Crippen LogP contribution in [0.5, 0.6) is 5.75 Å². The summed E-state index contributed by atoms with van der Waals surface area (Å²) in [6.45, 7) is 0. The fraction of sp³-hybridized carbons (Fsp3) is 0. The van der Waals surface area contributed by atoms with Gasteiger partial charge in [0.2, 0.25) is 0 Å². The Morgan fingerprint density at radius 2 is 1.77 bits per heavy atom. The fourth-order valence-electron chi connectivity index (χ4n) is 3.54. The van der Waals surface area contributed by atoms with Gasteiger partial charge in [-0.2, -0.15) is 5.10 Å². The van der Waals surface area contributed by atoms with E-state index in [9.17, 15) is 14.4 Å². The number of carbonyl (C=O) groups is 3. The SMILES string of the molecule is O=C(N/N=C\c1cc(Br)ccc1OC(=O)c1sc2ccccc2c1Cl)c1ccc(NC(=O)c2ccco2)cc1. The fourth-order valence-corrected chi connectivity index (χ4v) is 5.30. The predicted octanol–water partition coefficient (Wildman–Crippen LogP) is 7.15. The Kier molecular flexibility index (Phi) is 7.87. The van der Waals surface area contributed by atoms with Gasteiger partial charge in [0.15, 0.2) is 5.76 Å². The molecule has 0 spiro atoms. The number of amides is 2. The first-order valence-electron chi connectivity index (χ1n) is 11.4. The molecule has 2 amide bonds. The first kappa shape index (κ1) is 26.4. The molecule has 0 unspecified atom stereocenters. The van der Waals surface area contributed by atoms with E-state index in [1.807, 2.05) is 24.3 Å². The van der Waals surface area contributed by atoms with Crippen molar-refractivity contribution >= 4 is 78.6 Å². The highest BCUT2D eigenvalue weighted by Crippen LogP contribution is 2.36. The second kappa shape index (κ2) is 11.6. The lowest BCUT2D eigenvalue weighted by molar-refractivity contribution is 0.0739. The number of fused-ring (bicyclic) bond motifs is 1. The number of esters is 1. The molecule has 0 fully saturated rings. The van der Waals surface area contributed by atoms with Gasteiger partial charge >= 0.3 is 5.97 Å². The van der Waals surface area contributed by atoms with Crippen molar-refractivity contribution in [1.29, 1.82) is 0 Å². The molecule has 2 aromatic heterocycles.